The Labute approximate surface area is 804 Å². The average Bonchev–Trinajstić information content (AvgIpc) is 1.74. The highest BCUT2D eigenvalue weighted by atomic mass is 33.1. The van der Waals surface area contributed by atoms with Crippen LogP contribution in [0.4, 0.5) is 0 Å². The lowest BCUT2D eigenvalue weighted by Gasteiger charge is -2.24. The Bertz CT molecular complexity index is 2720. The number of benzene rings is 4. The van der Waals surface area contributed by atoms with Gasteiger partial charge in [-0.1, -0.05) is 327 Å². The summed E-state index contributed by atoms with van der Waals surface area (Å²) in [5, 5.41) is 13.1. The lowest BCUT2D eigenvalue weighted by Crippen LogP contribution is -2.24. The number of nitrogens with two attached hydrogens (primary N) is 1. The van der Waals surface area contributed by atoms with Gasteiger partial charge in [0.25, 0.3) is 0 Å². The van der Waals surface area contributed by atoms with Crippen LogP contribution in [0.15, 0.2) is 103 Å². The van der Waals surface area contributed by atoms with Gasteiger partial charge in [0, 0.05) is 95.0 Å². The van der Waals surface area contributed by atoms with E-state index in [9.17, 15) is 4.79 Å². The van der Waals surface area contributed by atoms with Crippen LogP contribution >= 0.6 is 90.2 Å². The number of Topliss-reactive ketones (excluding diaryl/α,β-unsaturated/α-hetero) is 1. The SMILES string of the molecule is CC(C)CCOC(C)C.CC(C)CONC(C)C.CC(C)Cc1ccc(CSC(C)C)cc1.CC(C)Cc1ccc(CSC(C)C)cc1.CC(C)Cc1ccc(CSC(C)C)cc1.CC(C)Oc1ccc(CSC(C)C)cc1.CC(C)SSC(C)(C)CCC(=O)C(C)C.CC(C)SSC(C)C.CC(C)c1cn(C(C)C)nn1.CN.COC(C)C.COC(C)C. The minimum absolute atomic E-state index is 0.184. The Kier molecular flexibility index (Phi) is 94.2. The predicted molar refractivity (Wildman–Crippen MR) is 580 cm³/mol. The first kappa shape index (κ1) is 135. The number of hydrogen-bond donors (Lipinski definition) is 2. The van der Waals surface area contributed by atoms with Crippen molar-refractivity contribution in [2.24, 2.45) is 41.2 Å². The van der Waals surface area contributed by atoms with Gasteiger partial charge in [-0.25, -0.2) is 10.2 Å². The Morgan fingerprint density at radius 2 is 0.726 bits per heavy atom. The number of carbonyl (C=O) groups is 1. The van der Waals surface area contributed by atoms with Crippen molar-refractivity contribution in [2.75, 3.05) is 34.5 Å². The van der Waals surface area contributed by atoms with Crippen LogP contribution in [0.3, 0.4) is 0 Å². The van der Waals surface area contributed by atoms with Gasteiger partial charge in [0.05, 0.1) is 36.7 Å². The predicted octanol–water partition coefficient (Wildman–Crippen LogP) is 33.1. The number of ketones is 1. The summed E-state index contributed by atoms with van der Waals surface area (Å²) in [6.45, 7) is 92.4. The number of hydrogen-bond acceptors (Lipinski definition) is 18. The second-order valence-corrected chi connectivity index (χ2v) is 51.1. The molecule has 0 saturated carbocycles. The molecule has 0 bridgehead atoms. The van der Waals surface area contributed by atoms with Crippen molar-refractivity contribution in [3.63, 3.8) is 0 Å². The van der Waals surface area contributed by atoms with Crippen LogP contribution in [0.2, 0.25) is 0 Å². The lowest BCUT2D eigenvalue weighted by molar-refractivity contribution is -0.122. The van der Waals surface area contributed by atoms with Crippen molar-refractivity contribution in [3.8, 4) is 5.75 Å². The number of aromatic nitrogens is 3. The molecular formula is C105H199N5O6S8. The molecule has 124 heavy (non-hydrogen) atoms. The van der Waals surface area contributed by atoms with Gasteiger partial charge in [0.15, 0.2) is 0 Å². The quantitative estimate of drug-likeness (QED) is 0.0283. The van der Waals surface area contributed by atoms with E-state index >= 15 is 0 Å². The van der Waals surface area contributed by atoms with Crippen molar-refractivity contribution in [2.45, 2.75) is 436 Å². The first-order chi connectivity index (χ1) is 57.6. The molecule has 1 heterocycles. The van der Waals surface area contributed by atoms with Gasteiger partial charge < -0.3 is 29.5 Å². The molecule has 3 N–H and O–H groups in total. The topological polar surface area (TPSA) is 132 Å². The summed E-state index contributed by atoms with van der Waals surface area (Å²) in [7, 11) is 12.6. The molecule has 0 spiro atoms. The zero-order valence-electron chi connectivity index (χ0n) is 88.5. The number of ether oxygens (including phenoxy) is 4. The van der Waals surface area contributed by atoms with Crippen molar-refractivity contribution >= 4 is 96.0 Å². The van der Waals surface area contributed by atoms with Crippen LogP contribution in [0, 0.1) is 35.5 Å². The van der Waals surface area contributed by atoms with Crippen molar-refractivity contribution in [1.82, 2.24) is 20.5 Å². The first-order valence-corrected chi connectivity index (χ1v) is 55.5. The number of thioether (sulfide) groups is 4. The second kappa shape index (κ2) is 86.5. The fraction of sp³-hybridized carbons (Fsp3) is 0.743. The van der Waals surface area contributed by atoms with Crippen LogP contribution in [0.25, 0.3) is 0 Å². The number of rotatable bonds is 42. The summed E-state index contributed by atoms with van der Waals surface area (Å²) >= 11 is 7.98. The third-order valence-corrected chi connectivity index (χ3v) is 27.8. The normalized spacial score (nSPS) is 11.2. The van der Waals surface area contributed by atoms with E-state index in [1.807, 2.05) is 156 Å². The molecule has 0 fully saturated rings. The summed E-state index contributed by atoms with van der Waals surface area (Å²) in [5.41, 5.74) is 18.5. The minimum Gasteiger partial charge on any atom is -0.491 e. The summed E-state index contributed by atoms with van der Waals surface area (Å²) in [4.78, 5) is 16.6. The van der Waals surface area contributed by atoms with Gasteiger partial charge in [-0.3, -0.25) is 4.79 Å². The molecule has 0 unspecified atom stereocenters. The van der Waals surface area contributed by atoms with E-state index in [1.54, 1.807) is 14.2 Å². The van der Waals surface area contributed by atoms with Crippen LogP contribution in [0.1, 0.15) is 367 Å². The molecule has 0 radical (unpaired) electrons. The molecule has 5 rings (SSSR count). The molecule has 728 valence electrons. The van der Waals surface area contributed by atoms with Gasteiger partial charge in [0.1, 0.15) is 11.5 Å². The first-order valence-electron chi connectivity index (χ1n) is 46.8. The Morgan fingerprint density at radius 1 is 0.411 bits per heavy atom. The zero-order chi connectivity index (χ0) is 97.2. The summed E-state index contributed by atoms with van der Waals surface area (Å²) in [5.74, 6) is 10.1. The maximum atomic E-state index is 11.5. The van der Waals surface area contributed by atoms with Crippen molar-refractivity contribution in [1.29, 1.82) is 0 Å². The average molecular weight is 1880 g/mol. The maximum absolute atomic E-state index is 11.5. The summed E-state index contributed by atoms with van der Waals surface area (Å²) < 4.78 is 22.5. The number of methoxy groups -OCH3 is 2. The van der Waals surface area contributed by atoms with Crippen LogP contribution in [-0.2, 0) is 66.1 Å². The molecule has 11 nitrogen and oxygen atoms in total. The highest BCUT2D eigenvalue weighted by Crippen LogP contribution is 2.41. The summed E-state index contributed by atoms with van der Waals surface area (Å²) in [6, 6.07) is 36.5. The smallest absolute Gasteiger partial charge is 0.135 e. The van der Waals surface area contributed by atoms with Gasteiger partial charge in [-0.15, -0.1) is 5.10 Å². The number of nitrogens with one attached hydrogen (secondary N) is 1. The highest BCUT2D eigenvalue weighted by Gasteiger charge is 2.22. The fourth-order valence-electron chi connectivity index (χ4n) is 8.65. The van der Waals surface area contributed by atoms with E-state index in [0.29, 0.717) is 58.5 Å². The molecule has 4 aromatic carbocycles. The van der Waals surface area contributed by atoms with E-state index < -0.39 is 0 Å². The van der Waals surface area contributed by atoms with E-state index in [2.05, 4.69) is 354 Å². The largest absolute Gasteiger partial charge is 0.491 e. The molecule has 5 aromatic rings. The molecule has 0 saturated heterocycles. The van der Waals surface area contributed by atoms with Crippen LogP contribution in [-0.4, -0.2) is 127 Å². The Morgan fingerprint density at radius 3 is 0.944 bits per heavy atom. The van der Waals surface area contributed by atoms with Crippen LogP contribution in [0.5, 0.6) is 5.75 Å². The van der Waals surface area contributed by atoms with E-state index in [0.717, 1.165) is 110 Å². The van der Waals surface area contributed by atoms with Gasteiger partial charge in [-0.05, 0) is 244 Å². The Balaban J connectivity index is -0.000000246. The molecule has 19 heteroatoms. The second-order valence-electron chi connectivity index (χ2n) is 37.9. The fourth-order valence-corrected chi connectivity index (χ4v) is 15.5. The number of carbonyl (C=O) groups excluding carboxylic acids is 1. The monoisotopic (exact) mass is 1880 g/mol. The molecule has 0 aliphatic rings. The zero-order valence-corrected chi connectivity index (χ0v) is 95.0. The Hall–Kier alpha value is -1.95. The van der Waals surface area contributed by atoms with Crippen molar-refractivity contribution in [3.05, 3.63) is 148 Å². The van der Waals surface area contributed by atoms with E-state index in [4.69, 9.17) is 23.8 Å². The highest BCUT2D eigenvalue weighted by molar-refractivity contribution is 8.77. The van der Waals surface area contributed by atoms with Gasteiger partial charge >= 0.3 is 0 Å². The lowest BCUT2D eigenvalue weighted by atomic mass is 9.99. The number of hydroxylamine groups is 1. The summed E-state index contributed by atoms with van der Waals surface area (Å²) in [6.07, 6.45) is 9.88. The van der Waals surface area contributed by atoms with E-state index in [1.165, 1.54) is 71.7 Å². The third kappa shape index (κ3) is 104. The molecular weight excluding hydrogens is 1680 g/mol. The maximum Gasteiger partial charge on any atom is 0.135 e. The molecule has 0 atom stereocenters. The molecule has 0 amide bonds. The minimum atomic E-state index is 0.184. The molecule has 1 aromatic heterocycles. The number of nitrogens with zero attached hydrogens (tertiary/aromatic N) is 3. The van der Waals surface area contributed by atoms with Gasteiger partial charge in [-0.2, -0.15) is 47.0 Å². The molecule has 0 aliphatic carbocycles. The standard InChI is InChI=1S/3C14H22S.C13H20OS.C12H24OS2.C8H15N3.C8H18O.C7H17NO.C6H14S2.2C4H10O.CH5N/c3*1-11(2)9-13-5-7-14(8-6-13)10-15-12(3)4;1-10(2)14-13-7-5-12(6-8-13)9-15-11(3)4;1-9(2)11(13)7-8-12(5,6)15-14-10(3)4;1-6(2)8-5-11(7(3)4)10-9-8;1-7(2)5-6-9-8(3)4;1-6(2)5-9-8-7(3)4;1-5(2)7-8-6(3)4;2*1-4(2)5-3;1-2/h3*5-8,11-12H,9-10H2,1-4H3;5-8,10-11H,9H2,1-4H3;9-10H,7-8H2,1-6H3;5-7H,1-4H3;7-8H,5-6H2,1-4H3;6-8H,5H2,1-4H3;5-6H,1-4H3;2*4H,1-3H3;2H2,1H3. The van der Waals surface area contributed by atoms with Gasteiger partial charge in [0.2, 0.25) is 0 Å². The van der Waals surface area contributed by atoms with Crippen LogP contribution < -0.4 is 16.0 Å². The third-order valence-electron chi connectivity index (χ3n) is 15.6. The molecule has 0 aliphatic heterocycles. The van der Waals surface area contributed by atoms with Crippen molar-refractivity contribution < 1.29 is 28.6 Å². The van der Waals surface area contributed by atoms with E-state index in [-0.39, 0.29) is 16.8 Å².